The van der Waals surface area contributed by atoms with Gasteiger partial charge in [-0.1, -0.05) is 19.3 Å². The van der Waals surface area contributed by atoms with Crippen LogP contribution in [0, 0.1) is 0 Å². The maximum atomic E-state index is 12.2. The molecule has 0 aliphatic heterocycles. The number of aliphatic carboxylic acids is 2. The van der Waals surface area contributed by atoms with E-state index < -0.39 is 42.4 Å². The van der Waals surface area contributed by atoms with Gasteiger partial charge in [0.2, 0.25) is 17.7 Å². The number of thioether (sulfide) groups is 1. The zero-order valence-electron chi connectivity index (χ0n) is 16.8. The molecule has 1 aliphatic rings. The van der Waals surface area contributed by atoms with Crippen LogP contribution in [0.4, 0.5) is 0 Å². The van der Waals surface area contributed by atoms with Crippen LogP contribution in [0.25, 0.3) is 0 Å². The van der Waals surface area contributed by atoms with Gasteiger partial charge in [0.05, 0.1) is 24.2 Å². The molecule has 3 amide bonds. The van der Waals surface area contributed by atoms with Gasteiger partial charge in [-0.2, -0.15) is 0 Å². The monoisotopic (exact) mass is 445 g/mol. The molecule has 0 bridgehead atoms. The maximum absolute atomic E-state index is 12.2. The highest BCUT2D eigenvalue weighted by Gasteiger charge is 2.22. The Bertz CT molecular complexity index is 626. The van der Waals surface area contributed by atoms with Crippen molar-refractivity contribution in [2.75, 3.05) is 18.1 Å². The highest BCUT2D eigenvalue weighted by atomic mass is 32.2. The molecule has 11 nitrogen and oxygen atoms in total. The van der Waals surface area contributed by atoms with E-state index >= 15 is 0 Å². The molecule has 0 spiro atoms. The Labute approximate surface area is 178 Å². The van der Waals surface area contributed by atoms with Crippen molar-refractivity contribution in [3.8, 4) is 0 Å². The third kappa shape index (κ3) is 11.0. The van der Waals surface area contributed by atoms with Gasteiger partial charge in [-0.05, 0) is 12.8 Å². The van der Waals surface area contributed by atoms with Gasteiger partial charge in [0.25, 0.3) is 0 Å². The number of hydrogen-bond donors (Lipinski definition) is 4. The normalized spacial score (nSPS) is 16.2. The van der Waals surface area contributed by atoms with Crippen LogP contribution in [0.15, 0.2) is 0 Å². The predicted octanol–water partition coefficient (Wildman–Crippen LogP) is -4.34. The number of hydrogen-bond acceptors (Lipinski definition) is 8. The highest BCUT2D eigenvalue weighted by Crippen LogP contribution is 2.17. The van der Waals surface area contributed by atoms with Crippen molar-refractivity contribution < 1.29 is 39.9 Å². The maximum Gasteiger partial charge on any atom is 0.243 e. The second kappa shape index (κ2) is 13.8. The van der Waals surface area contributed by atoms with Crippen molar-refractivity contribution >= 4 is 41.4 Å². The lowest BCUT2D eigenvalue weighted by atomic mass is 9.95. The van der Waals surface area contributed by atoms with Crippen molar-refractivity contribution in [2.45, 2.75) is 63.1 Å². The first kappa shape index (κ1) is 25.7. The molecule has 0 aromatic rings. The summed E-state index contributed by atoms with van der Waals surface area (Å²) in [7, 11) is 0. The summed E-state index contributed by atoms with van der Waals surface area (Å²) in [6.07, 6.45) is 4.95. The Morgan fingerprint density at radius 3 is 2.30 bits per heavy atom. The van der Waals surface area contributed by atoms with Gasteiger partial charge in [-0.25, -0.2) is 0 Å². The Kier molecular flexibility index (Phi) is 11.8. The molecule has 30 heavy (non-hydrogen) atoms. The summed E-state index contributed by atoms with van der Waals surface area (Å²) in [5.41, 5.74) is 3.35. The first-order valence-corrected chi connectivity index (χ1v) is 11.0. The first-order valence-electron chi connectivity index (χ1n) is 9.87. The van der Waals surface area contributed by atoms with E-state index in [9.17, 15) is 34.2 Å². The van der Waals surface area contributed by atoms with Crippen LogP contribution < -0.4 is 31.9 Å². The van der Waals surface area contributed by atoms with Crippen molar-refractivity contribution in [3.05, 3.63) is 0 Å². The minimum Gasteiger partial charge on any atom is -0.548 e. The fourth-order valence-corrected chi connectivity index (χ4v) is 3.80. The Morgan fingerprint density at radius 1 is 1.03 bits per heavy atom. The van der Waals surface area contributed by atoms with E-state index in [-0.39, 0.29) is 36.3 Å². The van der Waals surface area contributed by atoms with Crippen LogP contribution >= 0.6 is 11.8 Å². The lowest BCUT2D eigenvalue weighted by Crippen LogP contribution is -2.68. The highest BCUT2D eigenvalue weighted by molar-refractivity contribution is 8.00. The molecule has 1 saturated carbocycles. The number of carboxylic acids is 2. The van der Waals surface area contributed by atoms with Crippen LogP contribution in [0.5, 0.6) is 0 Å². The molecule has 6 N–H and O–H groups in total. The largest absolute Gasteiger partial charge is 0.548 e. The van der Waals surface area contributed by atoms with Crippen LogP contribution in [0.1, 0.15) is 44.9 Å². The SMILES string of the molecule is [NH3+]C(CCC(=O)NC(CSCC(=O)NC1CCCCC1)C(=O)NCC(=O)[O-])C(=O)[O-]. The number of nitrogens with one attached hydrogen (secondary N) is 3. The minimum atomic E-state index is -1.48. The summed E-state index contributed by atoms with van der Waals surface area (Å²) in [5, 5.41) is 28.7. The topological polar surface area (TPSA) is 195 Å². The van der Waals surface area contributed by atoms with E-state index in [1.165, 1.54) is 6.42 Å². The van der Waals surface area contributed by atoms with Gasteiger partial charge in [0.1, 0.15) is 12.1 Å². The molecule has 170 valence electrons. The van der Waals surface area contributed by atoms with Crippen LogP contribution in [-0.2, 0) is 24.0 Å². The molecule has 1 fully saturated rings. The van der Waals surface area contributed by atoms with E-state index in [1.54, 1.807) is 0 Å². The molecule has 0 heterocycles. The molecule has 1 rings (SSSR count). The van der Waals surface area contributed by atoms with Crippen molar-refractivity contribution in [2.24, 2.45) is 0 Å². The fourth-order valence-electron chi connectivity index (χ4n) is 2.94. The molecular formula is C18H29N4O7S-. The first-order chi connectivity index (χ1) is 14.2. The summed E-state index contributed by atoms with van der Waals surface area (Å²) in [5.74, 6) is -4.24. The van der Waals surface area contributed by atoms with E-state index in [0.29, 0.717) is 0 Å². The van der Waals surface area contributed by atoms with Gasteiger partial charge < -0.3 is 41.5 Å². The van der Waals surface area contributed by atoms with E-state index in [4.69, 9.17) is 0 Å². The van der Waals surface area contributed by atoms with E-state index in [2.05, 4.69) is 21.7 Å². The van der Waals surface area contributed by atoms with E-state index in [0.717, 1.165) is 37.4 Å². The Hall–Kier alpha value is -2.34. The Morgan fingerprint density at radius 2 is 1.70 bits per heavy atom. The minimum absolute atomic E-state index is 0.0387. The van der Waals surface area contributed by atoms with Gasteiger partial charge >= 0.3 is 0 Å². The summed E-state index contributed by atoms with van der Waals surface area (Å²) < 4.78 is 0. The predicted molar refractivity (Wildman–Crippen MR) is 103 cm³/mol. The second-order valence-corrected chi connectivity index (χ2v) is 8.21. The van der Waals surface area contributed by atoms with Gasteiger partial charge in [0, 0.05) is 24.6 Å². The van der Waals surface area contributed by atoms with Gasteiger partial charge in [-0.15, -0.1) is 11.8 Å². The molecule has 1 aliphatic carbocycles. The summed E-state index contributed by atoms with van der Waals surface area (Å²) in [6.45, 7) is -0.719. The number of carbonyl (C=O) groups is 5. The standard InChI is InChI=1S/C18H30N4O7S/c19-12(18(28)29)6-7-14(23)22-13(17(27)20-8-16(25)26)9-30-10-15(24)21-11-4-2-1-3-5-11/h11-13H,1-10,19H2,(H,20,27)(H,21,24)(H,22,23)(H,25,26)(H,28,29)/p-1. The number of carboxylic acid groups (broad SMARTS) is 2. The molecule has 2 atom stereocenters. The fraction of sp³-hybridized carbons (Fsp3) is 0.722. The van der Waals surface area contributed by atoms with Crippen LogP contribution in [0.3, 0.4) is 0 Å². The molecule has 12 heteroatoms. The van der Waals surface area contributed by atoms with Crippen molar-refractivity contribution in [1.82, 2.24) is 16.0 Å². The smallest absolute Gasteiger partial charge is 0.243 e. The quantitative estimate of drug-likeness (QED) is 0.218. The summed E-state index contributed by atoms with van der Waals surface area (Å²) >= 11 is 1.12. The molecular weight excluding hydrogens is 416 g/mol. The second-order valence-electron chi connectivity index (χ2n) is 7.18. The number of quaternary nitrogens is 1. The molecule has 0 aromatic heterocycles. The van der Waals surface area contributed by atoms with Gasteiger partial charge in [-0.3, -0.25) is 14.4 Å². The molecule has 0 radical (unpaired) electrons. The third-order valence-corrected chi connectivity index (χ3v) is 5.64. The lowest BCUT2D eigenvalue weighted by Gasteiger charge is -2.23. The average Bonchev–Trinajstić information content (AvgIpc) is 2.70. The van der Waals surface area contributed by atoms with Crippen LogP contribution in [0.2, 0.25) is 0 Å². The Balaban J connectivity index is 2.50. The molecule has 2 unspecified atom stereocenters. The van der Waals surface area contributed by atoms with Crippen molar-refractivity contribution in [3.63, 3.8) is 0 Å². The average molecular weight is 446 g/mol. The number of amides is 3. The zero-order valence-corrected chi connectivity index (χ0v) is 17.6. The summed E-state index contributed by atoms with van der Waals surface area (Å²) in [4.78, 5) is 57.5. The number of carbonyl (C=O) groups excluding carboxylic acids is 5. The lowest BCUT2D eigenvalue weighted by molar-refractivity contribution is -0.438. The van der Waals surface area contributed by atoms with E-state index in [1.807, 2.05) is 0 Å². The van der Waals surface area contributed by atoms with Gasteiger partial charge in [0.15, 0.2) is 0 Å². The summed E-state index contributed by atoms with van der Waals surface area (Å²) in [6, 6.07) is -2.00. The zero-order chi connectivity index (χ0) is 22.5. The molecule has 0 saturated heterocycles. The third-order valence-electron chi connectivity index (χ3n) is 4.60. The number of rotatable bonds is 13. The van der Waals surface area contributed by atoms with Crippen molar-refractivity contribution in [1.29, 1.82) is 0 Å². The van der Waals surface area contributed by atoms with Crippen LogP contribution in [-0.4, -0.2) is 65.8 Å². The molecule has 0 aromatic carbocycles.